The Kier molecular flexibility index (Phi) is 6.71. The van der Waals surface area contributed by atoms with Gasteiger partial charge < -0.3 is 9.47 Å². The van der Waals surface area contributed by atoms with Gasteiger partial charge >= 0.3 is 5.97 Å². The lowest BCUT2D eigenvalue weighted by Crippen LogP contribution is -2.19. The first-order chi connectivity index (χ1) is 12.9. The van der Waals surface area contributed by atoms with Gasteiger partial charge in [-0.25, -0.2) is 17.9 Å². The van der Waals surface area contributed by atoms with Crippen LogP contribution in [-0.2, 0) is 26.2 Å². The molecule has 0 radical (unpaired) electrons. The van der Waals surface area contributed by atoms with Gasteiger partial charge in [-0.2, -0.15) is 5.26 Å². The van der Waals surface area contributed by atoms with Crippen LogP contribution in [0.3, 0.4) is 0 Å². The van der Waals surface area contributed by atoms with Gasteiger partial charge in [-0.3, -0.25) is 0 Å². The van der Waals surface area contributed by atoms with Crippen LogP contribution in [0.15, 0.2) is 53.4 Å². The summed E-state index contributed by atoms with van der Waals surface area (Å²) in [7, 11) is -1.04. The summed E-state index contributed by atoms with van der Waals surface area (Å²) in [5.41, 5.74) is 1.53. The summed E-state index contributed by atoms with van der Waals surface area (Å²) in [5, 5.41) is 9.02. The Balaban J connectivity index is 2.12. The van der Waals surface area contributed by atoms with Crippen molar-refractivity contribution in [1.29, 1.82) is 5.26 Å². The third-order valence-corrected chi connectivity index (χ3v) is 5.10. The lowest BCUT2D eigenvalue weighted by atomic mass is 10.1. The average molecular weight is 386 g/mol. The SMILES string of the molecule is CNS(=O)(=O)c1cc(/C=C/C(=O)OCc2ccccc2C#N)ccc1OC. The van der Waals surface area contributed by atoms with Crippen molar-refractivity contribution in [1.82, 2.24) is 4.72 Å². The fourth-order valence-corrected chi connectivity index (χ4v) is 3.16. The highest BCUT2D eigenvalue weighted by molar-refractivity contribution is 7.89. The van der Waals surface area contributed by atoms with Crippen LogP contribution in [0.4, 0.5) is 0 Å². The van der Waals surface area contributed by atoms with Crippen molar-refractivity contribution in [2.24, 2.45) is 0 Å². The average Bonchev–Trinajstić information content (AvgIpc) is 2.70. The Morgan fingerprint density at radius 2 is 2.00 bits per heavy atom. The van der Waals surface area contributed by atoms with Gasteiger partial charge in [-0.1, -0.05) is 24.3 Å². The van der Waals surface area contributed by atoms with Crippen molar-refractivity contribution in [2.45, 2.75) is 11.5 Å². The topological polar surface area (TPSA) is 105 Å². The minimum Gasteiger partial charge on any atom is -0.495 e. The van der Waals surface area contributed by atoms with Crippen molar-refractivity contribution in [3.63, 3.8) is 0 Å². The smallest absolute Gasteiger partial charge is 0.331 e. The number of nitriles is 1. The molecular formula is C19H18N2O5S. The van der Waals surface area contributed by atoms with Gasteiger partial charge in [-0.15, -0.1) is 0 Å². The molecule has 27 heavy (non-hydrogen) atoms. The Hall–Kier alpha value is -3.15. The Bertz CT molecular complexity index is 1010. The largest absolute Gasteiger partial charge is 0.495 e. The molecule has 0 bridgehead atoms. The molecule has 0 atom stereocenters. The second-order valence-corrected chi connectivity index (χ2v) is 7.18. The third kappa shape index (κ3) is 5.17. The molecule has 140 valence electrons. The molecule has 8 heteroatoms. The quantitative estimate of drug-likeness (QED) is 0.578. The summed E-state index contributed by atoms with van der Waals surface area (Å²) in [6, 6.07) is 13.3. The first-order valence-corrected chi connectivity index (χ1v) is 9.34. The Morgan fingerprint density at radius 1 is 1.26 bits per heavy atom. The van der Waals surface area contributed by atoms with Crippen LogP contribution in [0.5, 0.6) is 5.75 Å². The van der Waals surface area contributed by atoms with E-state index in [0.29, 0.717) is 16.7 Å². The standard InChI is InChI=1S/C19H18N2O5S/c1-21-27(23,24)18-11-14(7-9-17(18)25-2)8-10-19(22)26-13-16-6-4-3-5-15(16)12-20/h3-11,21H,13H2,1-2H3/b10-8+. The lowest BCUT2D eigenvalue weighted by Gasteiger charge is -2.09. The van der Waals surface area contributed by atoms with Crippen LogP contribution in [0, 0.1) is 11.3 Å². The fourth-order valence-electron chi connectivity index (χ4n) is 2.23. The van der Waals surface area contributed by atoms with Gasteiger partial charge in [0.15, 0.2) is 0 Å². The lowest BCUT2D eigenvalue weighted by molar-refractivity contribution is -0.138. The molecule has 0 aliphatic carbocycles. The monoisotopic (exact) mass is 386 g/mol. The molecule has 0 aromatic heterocycles. The van der Waals surface area contributed by atoms with Gasteiger partial charge in [0.1, 0.15) is 17.3 Å². The molecular weight excluding hydrogens is 368 g/mol. The van der Waals surface area contributed by atoms with Crippen LogP contribution in [-0.4, -0.2) is 28.5 Å². The number of nitrogens with one attached hydrogen (secondary N) is 1. The van der Waals surface area contributed by atoms with E-state index in [1.54, 1.807) is 30.3 Å². The van der Waals surface area contributed by atoms with E-state index in [1.807, 2.05) is 6.07 Å². The van der Waals surface area contributed by atoms with Crippen molar-refractivity contribution in [3.8, 4) is 11.8 Å². The maximum Gasteiger partial charge on any atom is 0.331 e. The number of carbonyl (C=O) groups is 1. The Labute approximate surface area is 157 Å². The third-order valence-electron chi connectivity index (χ3n) is 3.67. The first-order valence-electron chi connectivity index (χ1n) is 7.85. The molecule has 0 aliphatic heterocycles. The number of ether oxygens (including phenoxy) is 2. The zero-order chi connectivity index (χ0) is 19.9. The number of hydrogen-bond donors (Lipinski definition) is 1. The molecule has 1 N–H and O–H groups in total. The van der Waals surface area contributed by atoms with Crippen molar-refractivity contribution in [2.75, 3.05) is 14.2 Å². The number of methoxy groups -OCH3 is 1. The van der Waals surface area contributed by atoms with Crippen molar-refractivity contribution in [3.05, 3.63) is 65.2 Å². The summed E-state index contributed by atoms with van der Waals surface area (Å²) in [4.78, 5) is 11.9. The van der Waals surface area contributed by atoms with E-state index in [1.165, 1.54) is 38.4 Å². The normalized spacial score (nSPS) is 11.1. The minimum atomic E-state index is -3.71. The van der Waals surface area contributed by atoms with E-state index in [9.17, 15) is 13.2 Å². The number of nitrogens with zero attached hydrogens (tertiary/aromatic N) is 1. The molecule has 2 aromatic carbocycles. The van der Waals surface area contributed by atoms with Crippen LogP contribution in [0.1, 0.15) is 16.7 Å². The van der Waals surface area contributed by atoms with Gasteiger partial charge in [0.25, 0.3) is 0 Å². The summed E-state index contributed by atoms with van der Waals surface area (Å²) < 4.78 is 36.5. The van der Waals surface area contributed by atoms with Crippen LogP contribution in [0.2, 0.25) is 0 Å². The number of benzene rings is 2. The Morgan fingerprint density at radius 3 is 2.67 bits per heavy atom. The molecule has 0 saturated carbocycles. The molecule has 0 spiro atoms. The van der Waals surface area contributed by atoms with E-state index in [0.717, 1.165) is 0 Å². The molecule has 0 saturated heterocycles. The molecule has 2 rings (SSSR count). The zero-order valence-electron chi connectivity index (χ0n) is 14.8. The molecule has 0 heterocycles. The van der Waals surface area contributed by atoms with Crippen molar-refractivity contribution >= 4 is 22.1 Å². The summed E-state index contributed by atoms with van der Waals surface area (Å²) in [6.45, 7) is -0.0328. The van der Waals surface area contributed by atoms with Crippen LogP contribution in [0.25, 0.3) is 6.08 Å². The number of carbonyl (C=O) groups excluding carboxylic acids is 1. The molecule has 7 nitrogen and oxygen atoms in total. The highest BCUT2D eigenvalue weighted by Crippen LogP contribution is 2.25. The summed E-state index contributed by atoms with van der Waals surface area (Å²) >= 11 is 0. The molecule has 0 fully saturated rings. The second kappa shape index (κ2) is 8.98. The van der Waals surface area contributed by atoms with Crippen LogP contribution >= 0.6 is 0 Å². The van der Waals surface area contributed by atoms with E-state index in [2.05, 4.69) is 4.72 Å². The highest BCUT2D eigenvalue weighted by atomic mass is 32.2. The molecule has 2 aromatic rings. The summed E-state index contributed by atoms with van der Waals surface area (Å²) in [6.07, 6.45) is 2.62. The van der Waals surface area contributed by atoms with Crippen molar-refractivity contribution < 1.29 is 22.7 Å². The van der Waals surface area contributed by atoms with Gasteiger partial charge in [0.2, 0.25) is 10.0 Å². The van der Waals surface area contributed by atoms with Gasteiger partial charge in [-0.05, 0) is 36.9 Å². The zero-order valence-corrected chi connectivity index (χ0v) is 15.6. The predicted molar refractivity (Wildman–Crippen MR) is 99.2 cm³/mol. The number of esters is 1. The maximum absolute atomic E-state index is 12.1. The second-order valence-electron chi connectivity index (χ2n) is 5.33. The molecule has 0 aliphatic rings. The molecule has 0 amide bonds. The van der Waals surface area contributed by atoms with E-state index < -0.39 is 16.0 Å². The minimum absolute atomic E-state index is 0.0328. The summed E-state index contributed by atoms with van der Waals surface area (Å²) in [5.74, 6) is -0.422. The number of rotatable bonds is 7. The van der Waals surface area contributed by atoms with Gasteiger partial charge in [0, 0.05) is 11.6 Å². The van der Waals surface area contributed by atoms with E-state index >= 15 is 0 Å². The van der Waals surface area contributed by atoms with Crippen LogP contribution < -0.4 is 9.46 Å². The number of hydrogen-bond acceptors (Lipinski definition) is 6. The van der Waals surface area contributed by atoms with E-state index in [4.69, 9.17) is 14.7 Å². The highest BCUT2D eigenvalue weighted by Gasteiger charge is 2.17. The van der Waals surface area contributed by atoms with E-state index in [-0.39, 0.29) is 17.3 Å². The van der Waals surface area contributed by atoms with Gasteiger partial charge in [0.05, 0.1) is 18.7 Å². The maximum atomic E-state index is 12.1. The number of sulfonamides is 1. The fraction of sp³-hybridized carbons (Fsp3) is 0.158. The first kappa shape index (κ1) is 20.2. The predicted octanol–water partition coefficient (Wildman–Crippen LogP) is 2.23. The molecule has 0 unspecified atom stereocenters.